The molecule has 0 spiro atoms. The highest BCUT2D eigenvalue weighted by Crippen LogP contribution is 2.27. The summed E-state index contributed by atoms with van der Waals surface area (Å²) in [7, 11) is 0. The van der Waals surface area contributed by atoms with E-state index in [1.54, 1.807) is 0 Å². The van der Waals surface area contributed by atoms with Crippen LogP contribution in [0.15, 0.2) is 67.0 Å². The third kappa shape index (κ3) is 2.72. The zero-order valence-corrected chi connectivity index (χ0v) is 13.4. The van der Waals surface area contributed by atoms with E-state index < -0.39 is 0 Å². The zero-order chi connectivity index (χ0) is 16.4. The Morgan fingerprint density at radius 1 is 0.958 bits per heavy atom. The van der Waals surface area contributed by atoms with E-state index in [9.17, 15) is 0 Å². The molecule has 0 saturated heterocycles. The maximum atomic E-state index is 4.44. The SMILES string of the molecule is Cc1cnccc1-c1ccc2[nH]nc(/C=C/c3ccccc3)c2c1. The molecule has 4 rings (SSSR count). The number of nitrogens with zero attached hydrogens (tertiary/aromatic N) is 2. The Morgan fingerprint density at radius 2 is 1.83 bits per heavy atom. The number of benzene rings is 2. The lowest BCUT2D eigenvalue weighted by atomic mass is 10.0. The van der Waals surface area contributed by atoms with Gasteiger partial charge in [-0.3, -0.25) is 10.1 Å². The van der Waals surface area contributed by atoms with Crippen LogP contribution in [0.1, 0.15) is 16.8 Å². The number of rotatable bonds is 3. The molecule has 0 saturated carbocycles. The molecule has 0 radical (unpaired) electrons. The summed E-state index contributed by atoms with van der Waals surface area (Å²) in [6.07, 6.45) is 7.86. The third-order valence-corrected chi connectivity index (χ3v) is 4.16. The highest BCUT2D eigenvalue weighted by molar-refractivity contribution is 5.92. The van der Waals surface area contributed by atoms with Crippen molar-refractivity contribution in [2.24, 2.45) is 0 Å². The first-order chi connectivity index (χ1) is 11.8. The van der Waals surface area contributed by atoms with Gasteiger partial charge in [0.2, 0.25) is 0 Å². The van der Waals surface area contributed by atoms with Crippen LogP contribution in [0.3, 0.4) is 0 Å². The van der Waals surface area contributed by atoms with Crippen molar-refractivity contribution in [2.45, 2.75) is 6.92 Å². The van der Waals surface area contributed by atoms with Crippen LogP contribution in [-0.4, -0.2) is 15.2 Å². The van der Waals surface area contributed by atoms with Crippen LogP contribution in [0.2, 0.25) is 0 Å². The maximum absolute atomic E-state index is 4.44. The standard InChI is InChI=1S/C21H17N3/c1-15-14-22-12-11-18(15)17-8-10-21-19(13-17)20(23-24-21)9-7-16-5-3-2-4-6-16/h2-14H,1H3,(H,23,24)/b9-7+. The molecule has 0 amide bonds. The number of aryl methyl sites for hydroxylation is 1. The number of hydrogen-bond donors (Lipinski definition) is 1. The maximum Gasteiger partial charge on any atom is 0.0927 e. The molecule has 0 unspecified atom stereocenters. The second-order valence-electron chi connectivity index (χ2n) is 5.80. The van der Waals surface area contributed by atoms with Gasteiger partial charge >= 0.3 is 0 Å². The highest BCUT2D eigenvalue weighted by Gasteiger charge is 2.07. The minimum Gasteiger partial charge on any atom is -0.277 e. The van der Waals surface area contributed by atoms with Crippen molar-refractivity contribution in [3.8, 4) is 11.1 Å². The Labute approximate surface area is 140 Å². The van der Waals surface area contributed by atoms with Gasteiger partial charge < -0.3 is 0 Å². The van der Waals surface area contributed by atoms with Gasteiger partial charge in [0.05, 0.1) is 11.2 Å². The summed E-state index contributed by atoms with van der Waals surface area (Å²) in [5, 5.41) is 8.67. The summed E-state index contributed by atoms with van der Waals surface area (Å²) < 4.78 is 0. The van der Waals surface area contributed by atoms with Crippen molar-refractivity contribution in [3.63, 3.8) is 0 Å². The third-order valence-electron chi connectivity index (χ3n) is 4.16. The molecule has 24 heavy (non-hydrogen) atoms. The van der Waals surface area contributed by atoms with Gasteiger partial charge in [-0.2, -0.15) is 5.10 Å². The van der Waals surface area contributed by atoms with Crippen molar-refractivity contribution in [2.75, 3.05) is 0 Å². The molecule has 0 aliphatic heterocycles. The molecule has 0 aliphatic rings. The molecule has 4 aromatic rings. The molecule has 0 aliphatic carbocycles. The number of fused-ring (bicyclic) bond motifs is 1. The molecule has 0 fully saturated rings. The van der Waals surface area contributed by atoms with Gasteiger partial charge in [-0.25, -0.2) is 0 Å². The van der Waals surface area contributed by atoms with E-state index >= 15 is 0 Å². The lowest BCUT2D eigenvalue weighted by Crippen LogP contribution is -1.84. The van der Waals surface area contributed by atoms with Gasteiger partial charge in [-0.15, -0.1) is 0 Å². The molecule has 2 aromatic heterocycles. The van der Waals surface area contributed by atoms with Crippen molar-refractivity contribution in [1.29, 1.82) is 0 Å². The quantitative estimate of drug-likeness (QED) is 0.571. The summed E-state index contributed by atoms with van der Waals surface area (Å²) >= 11 is 0. The molecular weight excluding hydrogens is 294 g/mol. The van der Waals surface area contributed by atoms with Gasteiger partial charge in [-0.1, -0.05) is 42.5 Å². The van der Waals surface area contributed by atoms with Gasteiger partial charge in [0.1, 0.15) is 0 Å². The highest BCUT2D eigenvalue weighted by atomic mass is 15.1. The van der Waals surface area contributed by atoms with Crippen LogP contribution in [0.25, 0.3) is 34.2 Å². The van der Waals surface area contributed by atoms with Crippen LogP contribution in [0.4, 0.5) is 0 Å². The van der Waals surface area contributed by atoms with E-state index in [1.165, 1.54) is 16.7 Å². The van der Waals surface area contributed by atoms with Gasteiger partial charge in [0.15, 0.2) is 0 Å². The average Bonchev–Trinajstić information content (AvgIpc) is 3.03. The van der Waals surface area contributed by atoms with Crippen molar-refractivity contribution in [3.05, 3.63) is 83.8 Å². The Hall–Kier alpha value is -3.20. The predicted molar refractivity (Wildman–Crippen MR) is 99.4 cm³/mol. The Balaban J connectivity index is 1.77. The number of aromatic amines is 1. The Morgan fingerprint density at radius 3 is 2.67 bits per heavy atom. The van der Waals surface area contributed by atoms with E-state index in [0.717, 1.165) is 22.2 Å². The van der Waals surface area contributed by atoms with Gasteiger partial charge in [0.25, 0.3) is 0 Å². The van der Waals surface area contributed by atoms with E-state index in [-0.39, 0.29) is 0 Å². The smallest absolute Gasteiger partial charge is 0.0927 e. The minimum absolute atomic E-state index is 0.947. The fraction of sp³-hybridized carbons (Fsp3) is 0.0476. The fourth-order valence-electron chi connectivity index (χ4n) is 2.87. The van der Waals surface area contributed by atoms with Crippen LogP contribution in [-0.2, 0) is 0 Å². The lowest BCUT2D eigenvalue weighted by molar-refractivity contribution is 1.11. The molecule has 3 nitrogen and oxygen atoms in total. The van der Waals surface area contributed by atoms with Gasteiger partial charge in [0, 0.05) is 17.8 Å². The van der Waals surface area contributed by atoms with Crippen molar-refractivity contribution >= 4 is 23.1 Å². The molecule has 2 heterocycles. The second kappa shape index (κ2) is 6.13. The lowest BCUT2D eigenvalue weighted by Gasteiger charge is -2.05. The summed E-state index contributed by atoms with van der Waals surface area (Å²) in [5.41, 5.74) is 6.70. The minimum atomic E-state index is 0.947. The molecule has 0 atom stereocenters. The largest absolute Gasteiger partial charge is 0.277 e. The van der Waals surface area contributed by atoms with Crippen molar-refractivity contribution < 1.29 is 0 Å². The number of H-pyrrole nitrogens is 1. The van der Waals surface area contributed by atoms with Crippen LogP contribution < -0.4 is 0 Å². The van der Waals surface area contributed by atoms with Gasteiger partial charge in [-0.05, 0) is 53.5 Å². The van der Waals surface area contributed by atoms with E-state index in [4.69, 9.17) is 0 Å². The zero-order valence-electron chi connectivity index (χ0n) is 13.4. The molecule has 1 N–H and O–H groups in total. The molecular formula is C21H17N3. The van der Waals surface area contributed by atoms with Crippen LogP contribution in [0, 0.1) is 6.92 Å². The molecule has 0 bridgehead atoms. The number of nitrogens with one attached hydrogen (secondary N) is 1. The first-order valence-corrected chi connectivity index (χ1v) is 7.93. The first-order valence-electron chi connectivity index (χ1n) is 7.93. The second-order valence-corrected chi connectivity index (χ2v) is 5.80. The summed E-state index contributed by atoms with van der Waals surface area (Å²) in [6.45, 7) is 2.08. The Bertz CT molecular complexity index is 1010. The number of aromatic nitrogens is 3. The number of pyridine rings is 1. The van der Waals surface area contributed by atoms with Crippen molar-refractivity contribution in [1.82, 2.24) is 15.2 Å². The summed E-state index contributed by atoms with van der Waals surface area (Å²) in [6, 6.07) is 18.7. The molecule has 2 aromatic carbocycles. The normalized spacial score (nSPS) is 11.4. The predicted octanol–water partition coefficient (Wildman–Crippen LogP) is 5.10. The average molecular weight is 311 g/mol. The fourth-order valence-corrected chi connectivity index (χ4v) is 2.87. The first kappa shape index (κ1) is 14.4. The summed E-state index contributed by atoms with van der Waals surface area (Å²) in [4.78, 5) is 4.17. The molecule has 3 heteroatoms. The van der Waals surface area contributed by atoms with E-state index in [1.807, 2.05) is 30.6 Å². The topological polar surface area (TPSA) is 41.6 Å². The van der Waals surface area contributed by atoms with E-state index in [2.05, 4.69) is 70.7 Å². The van der Waals surface area contributed by atoms with Crippen LogP contribution >= 0.6 is 0 Å². The number of hydrogen-bond acceptors (Lipinski definition) is 2. The summed E-state index contributed by atoms with van der Waals surface area (Å²) in [5.74, 6) is 0. The monoisotopic (exact) mass is 311 g/mol. The molecule has 116 valence electrons. The van der Waals surface area contributed by atoms with Crippen LogP contribution in [0.5, 0.6) is 0 Å². The van der Waals surface area contributed by atoms with E-state index in [0.29, 0.717) is 0 Å². The Kier molecular flexibility index (Phi) is 3.67.